The van der Waals surface area contributed by atoms with Gasteiger partial charge in [0, 0.05) is 5.69 Å². The highest BCUT2D eigenvalue weighted by atomic mass is 32.2. The summed E-state index contributed by atoms with van der Waals surface area (Å²) in [5.41, 5.74) is 5.45. The fourth-order valence-electron chi connectivity index (χ4n) is 1.17. The van der Waals surface area contributed by atoms with Crippen LogP contribution in [0.2, 0.25) is 0 Å². The molecular formula is C12H18N2O4S. The van der Waals surface area contributed by atoms with Gasteiger partial charge in [-0.2, -0.15) is 0 Å². The summed E-state index contributed by atoms with van der Waals surface area (Å²) in [7, 11) is -3.34. The van der Waals surface area contributed by atoms with Crippen LogP contribution in [0.1, 0.15) is 20.3 Å². The van der Waals surface area contributed by atoms with Crippen molar-refractivity contribution in [1.82, 2.24) is 0 Å². The first-order valence-corrected chi connectivity index (χ1v) is 7.38. The van der Waals surface area contributed by atoms with Crippen molar-refractivity contribution in [1.29, 1.82) is 0 Å². The second-order valence-corrected chi connectivity index (χ2v) is 6.52. The lowest BCUT2D eigenvalue weighted by Gasteiger charge is -2.11. The maximum Gasteiger partial charge on any atom is 0.235 e. The number of benzene rings is 1. The number of rotatable bonds is 7. The van der Waals surface area contributed by atoms with E-state index in [1.54, 1.807) is 38.1 Å². The molecule has 0 atom stereocenters. The number of carbonyl (C=O) groups excluding carboxylic acids is 1. The van der Waals surface area contributed by atoms with Crippen molar-refractivity contribution < 1.29 is 17.9 Å². The summed E-state index contributed by atoms with van der Waals surface area (Å²) in [6.07, 6.45) is 0.141. The van der Waals surface area contributed by atoms with E-state index in [4.69, 9.17) is 10.5 Å². The molecule has 0 aliphatic heterocycles. The fourth-order valence-corrected chi connectivity index (χ4v) is 1.87. The second kappa shape index (κ2) is 6.42. The fraction of sp³-hybridized carbons (Fsp3) is 0.417. The quantitative estimate of drug-likeness (QED) is 0.783. The monoisotopic (exact) mass is 286 g/mol. The molecule has 0 saturated carbocycles. The van der Waals surface area contributed by atoms with Crippen molar-refractivity contribution in [2.45, 2.75) is 25.5 Å². The Morgan fingerprint density at radius 2 is 1.89 bits per heavy atom. The lowest BCUT2D eigenvalue weighted by molar-refractivity contribution is -0.118. The molecule has 0 heterocycles. The molecule has 0 aromatic heterocycles. The number of nitrogens with one attached hydrogen (secondary N) is 1. The summed E-state index contributed by atoms with van der Waals surface area (Å²) in [4.78, 5) is 10.5. The van der Waals surface area contributed by atoms with E-state index < -0.39 is 21.2 Å². The van der Waals surface area contributed by atoms with Crippen LogP contribution in [0, 0.1) is 0 Å². The third kappa shape index (κ3) is 5.17. The SMILES string of the molecule is CC(C)S(=O)(=O)Nc1ccc(OCCC(N)=O)cc1. The van der Waals surface area contributed by atoms with E-state index >= 15 is 0 Å². The molecule has 0 spiro atoms. The number of nitrogens with two attached hydrogens (primary N) is 1. The molecule has 0 radical (unpaired) electrons. The van der Waals surface area contributed by atoms with Crippen LogP contribution in [0.3, 0.4) is 0 Å². The molecule has 1 aromatic rings. The van der Waals surface area contributed by atoms with Crippen LogP contribution in [0.4, 0.5) is 5.69 Å². The Bertz CT molecular complexity index is 523. The summed E-state index contributed by atoms with van der Waals surface area (Å²) in [5, 5.41) is -0.501. The van der Waals surface area contributed by atoms with Gasteiger partial charge in [0.05, 0.1) is 18.3 Å². The molecule has 7 heteroatoms. The molecule has 106 valence electrons. The average molecular weight is 286 g/mol. The van der Waals surface area contributed by atoms with E-state index in [-0.39, 0.29) is 13.0 Å². The molecule has 0 aliphatic carbocycles. The summed E-state index contributed by atoms with van der Waals surface area (Å²) in [5.74, 6) is 0.120. The Kier molecular flexibility index (Phi) is 5.17. The lowest BCUT2D eigenvalue weighted by atomic mass is 10.3. The molecule has 0 fully saturated rings. The average Bonchev–Trinajstić information content (AvgIpc) is 2.30. The molecule has 1 rings (SSSR count). The number of amides is 1. The summed E-state index contributed by atoms with van der Waals surface area (Å²) in [6.45, 7) is 3.40. The van der Waals surface area contributed by atoms with Crippen LogP contribution in [0.5, 0.6) is 5.75 Å². The predicted octanol–water partition coefficient (Wildman–Crippen LogP) is 1.09. The van der Waals surface area contributed by atoms with E-state index in [0.29, 0.717) is 11.4 Å². The highest BCUT2D eigenvalue weighted by Gasteiger charge is 2.15. The zero-order valence-electron chi connectivity index (χ0n) is 10.9. The van der Waals surface area contributed by atoms with E-state index in [9.17, 15) is 13.2 Å². The molecule has 0 saturated heterocycles. The molecular weight excluding hydrogens is 268 g/mol. The number of sulfonamides is 1. The van der Waals surface area contributed by atoms with Gasteiger partial charge in [0.2, 0.25) is 15.9 Å². The van der Waals surface area contributed by atoms with Gasteiger partial charge >= 0.3 is 0 Å². The standard InChI is InChI=1S/C12H18N2O4S/c1-9(2)19(16,17)14-10-3-5-11(6-4-10)18-8-7-12(13)15/h3-6,9,14H,7-8H2,1-2H3,(H2,13,15). The Hall–Kier alpha value is -1.76. The summed E-state index contributed by atoms with van der Waals surface area (Å²) in [6, 6.07) is 6.44. The number of anilines is 1. The topological polar surface area (TPSA) is 98.5 Å². The summed E-state index contributed by atoms with van der Waals surface area (Å²) < 4.78 is 31.0. The molecule has 19 heavy (non-hydrogen) atoms. The van der Waals surface area contributed by atoms with Crippen LogP contribution in [-0.4, -0.2) is 26.2 Å². The Morgan fingerprint density at radius 3 is 2.37 bits per heavy atom. The van der Waals surface area contributed by atoms with Crippen LogP contribution < -0.4 is 15.2 Å². The van der Waals surface area contributed by atoms with Gasteiger partial charge in [-0.05, 0) is 38.1 Å². The molecule has 6 nitrogen and oxygen atoms in total. The third-order valence-corrected chi connectivity index (χ3v) is 4.11. The molecule has 0 bridgehead atoms. The van der Waals surface area contributed by atoms with Crippen molar-refractivity contribution in [2.75, 3.05) is 11.3 Å². The Morgan fingerprint density at radius 1 is 1.32 bits per heavy atom. The van der Waals surface area contributed by atoms with Crippen molar-refractivity contribution >= 4 is 21.6 Å². The van der Waals surface area contributed by atoms with Gasteiger partial charge < -0.3 is 10.5 Å². The van der Waals surface area contributed by atoms with E-state index in [1.165, 1.54) is 0 Å². The van der Waals surface area contributed by atoms with Gasteiger partial charge in [0.25, 0.3) is 0 Å². The highest BCUT2D eigenvalue weighted by molar-refractivity contribution is 7.93. The van der Waals surface area contributed by atoms with Crippen LogP contribution >= 0.6 is 0 Å². The van der Waals surface area contributed by atoms with Crippen molar-refractivity contribution in [3.63, 3.8) is 0 Å². The lowest BCUT2D eigenvalue weighted by Crippen LogP contribution is -2.22. The first kappa shape index (κ1) is 15.3. The van der Waals surface area contributed by atoms with Gasteiger partial charge in [-0.15, -0.1) is 0 Å². The molecule has 1 aromatic carbocycles. The number of hydrogen-bond donors (Lipinski definition) is 2. The van der Waals surface area contributed by atoms with E-state index in [0.717, 1.165) is 0 Å². The summed E-state index contributed by atoms with van der Waals surface area (Å²) >= 11 is 0. The molecule has 0 aliphatic rings. The van der Waals surface area contributed by atoms with Crippen LogP contribution in [-0.2, 0) is 14.8 Å². The minimum Gasteiger partial charge on any atom is -0.493 e. The molecule has 0 unspecified atom stereocenters. The molecule has 3 N–H and O–H groups in total. The van der Waals surface area contributed by atoms with Gasteiger partial charge in [-0.3, -0.25) is 9.52 Å². The second-order valence-electron chi connectivity index (χ2n) is 4.28. The Labute approximate surface area is 113 Å². The first-order valence-electron chi connectivity index (χ1n) is 5.84. The number of hydrogen-bond acceptors (Lipinski definition) is 4. The van der Waals surface area contributed by atoms with Crippen molar-refractivity contribution in [3.8, 4) is 5.75 Å². The van der Waals surface area contributed by atoms with E-state index in [1.807, 2.05) is 0 Å². The normalized spacial score (nSPS) is 11.3. The largest absolute Gasteiger partial charge is 0.493 e. The van der Waals surface area contributed by atoms with E-state index in [2.05, 4.69) is 4.72 Å². The van der Waals surface area contributed by atoms with Gasteiger partial charge in [-0.25, -0.2) is 8.42 Å². The van der Waals surface area contributed by atoms with Crippen LogP contribution in [0.25, 0.3) is 0 Å². The maximum absolute atomic E-state index is 11.6. The minimum atomic E-state index is -3.34. The zero-order valence-corrected chi connectivity index (χ0v) is 11.7. The third-order valence-electron chi connectivity index (χ3n) is 2.35. The number of carbonyl (C=O) groups is 1. The first-order chi connectivity index (χ1) is 8.81. The Balaban J connectivity index is 2.59. The smallest absolute Gasteiger partial charge is 0.235 e. The highest BCUT2D eigenvalue weighted by Crippen LogP contribution is 2.17. The predicted molar refractivity (Wildman–Crippen MR) is 73.4 cm³/mol. The van der Waals surface area contributed by atoms with Crippen molar-refractivity contribution in [3.05, 3.63) is 24.3 Å². The van der Waals surface area contributed by atoms with Gasteiger partial charge in [0.15, 0.2) is 0 Å². The molecule has 1 amide bonds. The van der Waals surface area contributed by atoms with Gasteiger partial charge in [0.1, 0.15) is 5.75 Å². The van der Waals surface area contributed by atoms with Crippen LogP contribution in [0.15, 0.2) is 24.3 Å². The maximum atomic E-state index is 11.6. The number of ether oxygens (including phenoxy) is 1. The van der Waals surface area contributed by atoms with Crippen molar-refractivity contribution in [2.24, 2.45) is 5.73 Å². The van der Waals surface area contributed by atoms with Gasteiger partial charge in [-0.1, -0.05) is 0 Å². The zero-order chi connectivity index (χ0) is 14.5. The number of primary amides is 1. The minimum absolute atomic E-state index is 0.141.